The van der Waals surface area contributed by atoms with Gasteiger partial charge >= 0.3 is 0 Å². The van der Waals surface area contributed by atoms with Crippen molar-refractivity contribution in [3.63, 3.8) is 0 Å². The summed E-state index contributed by atoms with van der Waals surface area (Å²) in [5, 5.41) is 37.4. The Labute approximate surface area is 419 Å². The number of fused-ring (bicyclic) bond motifs is 5. The van der Waals surface area contributed by atoms with E-state index in [9.17, 15) is 28.8 Å². The molecule has 2 unspecified atom stereocenters. The highest BCUT2D eigenvalue weighted by Crippen LogP contribution is 2.38. The number of ether oxygens (including phenoxy) is 2. The van der Waals surface area contributed by atoms with Crippen LogP contribution >= 0.6 is 0 Å². The lowest BCUT2D eigenvalue weighted by Crippen LogP contribution is -2.57. The fraction of sp³-hybridized carbons (Fsp3) is 0.600. The summed E-state index contributed by atoms with van der Waals surface area (Å²) in [4.78, 5) is 86.7. The van der Waals surface area contributed by atoms with Crippen LogP contribution in [0.3, 0.4) is 0 Å². The third kappa shape index (κ3) is 10.7. The van der Waals surface area contributed by atoms with Crippen molar-refractivity contribution in [2.45, 2.75) is 152 Å². The molecule has 1 aromatic heterocycles. The van der Waals surface area contributed by atoms with Gasteiger partial charge in [0.2, 0.25) is 36.1 Å². The number of benzene rings is 2. The van der Waals surface area contributed by atoms with E-state index in [1.165, 1.54) is 20.9 Å². The number of likely N-dealkylation sites (tertiary alicyclic amines) is 2. The number of carbonyl (C=O) groups excluding carboxylic acids is 6. The zero-order valence-electron chi connectivity index (χ0n) is 41.5. The highest BCUT2D eigenvalue weighted by Gasteiger charge is 2.45. The highest BCUT2D eigenvalue weighted by atomic mass is 16.5. The summed E-state index contributed by atoms with van der Waals surface area (Å²) in [6.07, 6.45) is 4.55. The standard InChI is InChI=1S/C50H68N14O8/c1-29(51-3)43(65)55-47(49(69)61-23-11-21-39(61)45(67)53-35-19-9-15-31-13-5-7-17-33(31)35)71-27-37-41-42-38(58-60-64(42)26-25-63(41)59-57-37)28-72-48(56-44(66)30(2)52-4)50(70)62-24-12-22-40(62)46(68)54-36-20-10-16-32-14-6-8-18-34(32)36/h5-8,13-14,17-18,29-30,35-37,39-41,47-48,51-52H,9-12,15-16,19-28H2,1-4H3,(H,53,67)(H,54,68)(H,55,65)(H,56,66)/t29-,30-,35+,36-,37?,39-,40+,41?,47-,48-/m0/s1. The molecule has 0 spiro atoms. The summed E-state index contributed by atoms with van der Waals surface area (Å²) < 4.78 is 14.4. The van der Waals surface area contributed by atoms with Crippen molar-refractivity contribution in [1.82, 2.24) is 61.7 Å². The van der Waals surface area contributed by atoms with E-state index in [2.05, 4.69) is 64.7 Å². The molecule has 72 heavy (non-hydrogen) atoms. The maximum atomic E-state index is 14.5. The molecule has 6 aliphatic rings. The van der Waals surface area contributed by atoms with Gasteiger partial charge in [0, 0.05) is 13.1 Å². The summed E-state index contributed by atoms with van der Waals surface area (Å²) >= 11 is 0. The average Bonchev–Trinajstić information content (AvgIpc) is 4.25. The molecule has 6 amide bonds. The van der Waals surface area contributed by atoms with Crippen molar-refractivity contribution < 1.29 is 38.2 Å². The number of amides is 6. The van der Waals surface area contributed by atoms with Crippen LogP contribution in [0.1, 0.15) is 117 Å². The highest BCUT2D eigenvalue weighted by molar-refractivity contribution is 5.94. The van der Waals surface area contributed by atoms with Gasteiger partial charge < -0.3 is 51.2 Å². The van der Waals surface area contributed by atoms with Gasteiger partial charge in [-0.1, -0.05) is 59.0 Å². The summed E-state index contributed by atoms with van der Waals surface area (Å²) in [7, 11) is 3.27. The second-order valence-electron chi connectivity index (χ2n) is 19.7. The summed E-state index contributed by atoms with van der Waals surface area (Å²) in [5.74, 6) is -2.56. The second kappa shape index (κ2) is 22.6. The van der Waals surface area contributed by atoms with Crippen molar-refractivity contribution in [3.8, 4) is 0 Å². The molecule has 6 N–H and O–H groups in total. The minimum Gasteiger partial charge on any atom is -0.347 e. The minimum absolute atomic E-state index is 0.166. The molecule has 2 fully saturated rings. The van der Waals surface area contributed by atoms with E-state index in [1.807, 2.05) is 36.4 Å². The van der Waals surface area contributed by atoms with E-state index in [-0.39, 0.29) is 37.1 Å². The van der Waals surface area contributed by atoms with Crippen molar-refractivity contribution in [3.05, 3.63) is 82.2 Å². The first kappa shape index (κ1) is 50.6. The Morgan fingerprint density at radius 1 is 0.667 bits per heavy atom. The Morgan fingerprint density at radius 3 is 1.74 bits per heavy atom. The minimum atomic E-state index is -1.48. The van der Waals surface area contributed by atoms with Crippen LogP contribution in [-0.2, 0) is 64.2 Å². The molecule has 22 nitrogen and oxygen atoms in total. The van der Waals surface area contributed by atoms with Crippen molar-refractivity contribution in [2.75, 3.05) is 40.3 Å². The van der Waals surface area contributed by atoms with Gasteiger partial charge in [0.05, 0.1) is 56.2 Å². The van der Waals surface area contributed by atoms with Crippen molar-refractivity contribution in [2.24, 2.45) is 10.3 Å². The van der Waals surface area contributed by atoms with Gasteiger partial charge in [0.25, 0.3) is 11.8 Å². The lowest BCUT2D eigenvalue weighted by Gasteiger charge is -2.33. The Balaban J connectivity index is 0.891. The third-order valence-electron chi connectivity index (χ3n) is 15.2. The third-order valence-corrected chi connectivity index (χ3v) is 15.2. The van der Waals surface area contributed by atoms with E-state index in [4.69, 9.17) is 9.47 Å². The van der Waals surface area contributed by atoms with E-state index < -0.39 is 72.3 Å². The van der Waals surface area contributed by atoms with Gasteiger partial charge in [-0.25, -0.2) is 4.68 Å². The van der Waals surface area contributed by atoms with Crippen LogP contribution in [0.5, 0.6) is 0 Å². The molecule has 386 valence electrons. The van der Waals surface area contributed by atoms with E-state index in [1.54, 1.807) is 37.6 Å². The Bertz CT molecular complexity index is 2520. The fourth-order valence-corrected chi connectivity index (χ4v) is 11.0. The molecule has 2 aromatic carbocycles. The fourth-order valence-electron chi connectivity index (χ4n) is 11.0. The summed E-state index contributed by atoms with van der Waals surface area (Å²) in [6.45, 7) is 4.34. The topological polar surface area (TPSA) is 258 Å². The molecular weight excluding hydrogens is 925 g/mol. The molecule has 2 aliphatic carbocycles. The average molecular weight is 993 g/mol. The maximum absolute atomic E-state index is 14.5. The number of aromatic nitrogens is 3. The number of hydrogen-bond acceptors (Lipinski definition) is 15. The first-order valence-corrected chi connectivity index (χ1v) is 25.6. The number of rotatable bonds is 18. The van der Waals surface area contributed by atoms with E-state index >= 15 is 0 Å². The number of likely N-dealkylation sites (N-methyl/N-ethyl adjacent to an activating group) is 2. The number of aryl methyl sites for hydroxylation is 2. The number of carbonyl (C=O) groups is 6. The van der Waals surface area contributed by atoms with Gasteiger partial charge in [-0.15, -0.1) is 5.10 Å². The van der Waals surface area contributed by atoms with Crippen LogP contribution < -0.4 is 31.9 Å². The van der Waals surface area contributed by atoms with Gasteiger partial charge in [-0.05, 0) is 114 Å². The molecule has 9 rings (SSSR count). The van der Waals surface area contributed by atoms with Crippen LogP contribution in [0.2, 0.25) is 0 Å². The maximum Gasteiger partial charge on any atom is 0.273 e. The molecule has 0 saturated carbocycles. The first-order valence-electron chi connectivity index (χ1n) is 25.6. The number of nitrogens with one attached hydrogen (secondary N) is 6. The smallest absolute Gasteiger partial charge is 0.273 e. The Kier molecular flexibility index (Phi) is 15.9. The molecule has 22 heteroatoms. The summed E-state index contributed by atoms with van der Waals surface area (Å²) in [5.41, 5.74) is 5.54. The van der Waals surface area contributed by atoms with Crippen LogP contribution in [0.25, 0.3) is 0 Å². The monoisotopic (exact) mass is 993 g/mol. The van der Waals surface area contributed by atoms with Crippen LogP contribution in [0, 0.1) is 0 Å². The van der Waals surface area contributed by atoms with E-state index in [0.29, 0.717) is 63.3 Å². The van der Waals surface area contributed by atoms with Crippen molar-refractivity contribution >= 4 is 35.4 Å². The first-order chi connectivity index (χ1) is 34.9. The molecule has 0 bridgehead atoms. The van der Waals surface area contributed by atoms with Crippen LogP contribution in [0.4, 0.5) is 0 Å². The van der Waals surface area contributed by atoms with Gasteiger partial charge in [-0.2, -0.15) is 5.11 Å². The second-order valence-corrected chi connectivity index (χ2v) is 19.7. The summed E-state index contributed by atoms with van der Waals surface area (Å²) in [6, 6.07) is 11.7. The van der Waals surface area contributed by atoms with E-state index in [0.717, 1.165) is 49.7 Å². The quantitative estimate of drug-likeness (QED) is 0.0987. The predicted molar refractivity (Wildman–Crippen MR) is 260 cm³/mol. The predicted octanol–water partition coefficient (Wildman–Crippen LogP) is 1.39. The Hall–Kier alpha value is -6.36. The zero-order chi connectivity index (χ0) is 50.5. The van der Waals surface area contributed by atoms with Crippen LogP contribution in [0.15, 0.2) is 58.9 Å². The SMILES string of the molecule is CN[C@@H](C)C(=O)N[C@@H](OCc1nnn2c1C1C(CO[C@H](NC(=O)[C@H](C)NC)C(=O)N3CCC[C@H]3C(=O)N[C@@H]3CCCc4ccccc43)N=NN1CC2)C(=O)N1CCC[C@@H]1C(=O)N[C@H]1CCCc2ccccc21. The van der Waals surface area contributed by atoms with Gasteiger partial charge in [0.1, 0.15) is 29.9 Å². The lowest BCUT2D eigenvalue weighted by molar-refractivity contribution is -0.154. The molecule has 0 radical (unpaired) electrons. The largest absolute Gasteiger partial charge is 0.347 e. The number of hydrogen-bond donors (Lipinski definition) is 6. The van der Waals surface area contributed by atoms with Crippen molar-refractivity contribution in [1.29, 1.82) is 0 Å². The molecule has 10 atom stereocenters. The molecule has 4 aliphatic heterocycles. The van der Waals surface area contributed by atoms with Gasteiger partial charge in [-0.3, -0.25) is 33.8 Å². The normalized spacial score (nSPS) is 24.8. The molecular formula is C50H68N14O8. The lowest BCUT2D eigenvalue weighted by atomic mass is 9.87. The molecule has 3 aromatic rings. The Morgan fingerprint density at radius 2 is 1.19 bits per heavy atom. The van der Waals surface area contributed by atoms with Crippen LogP contribution in [-0.4, -0.2) is 148 Å². The van der Waals surface area contributed by atoms with Gasteiger partial charge in [0.15, 0.2) is 0 Å². The number of nitrogens with zero attached hydrogens (tertiary/aromatic N) is 8. The molecule has 2 saturated heterocycles. The zero-order valence-corrected chi connectivity index (χ0v) is 41.5. The molecule has 5 heterocycles.